The Kier molecular flexibility index (Phi) is 0.263. The van der Waals surface area contributed by atoms with Gasteiger partial charge in [0.15, 0.2) is 0 Å². The van der Waals surface area contributed by atoms with Crippen LogP contribution in [-0.4, -0.2) is 24.1 Å². The molecule has 1 spiro atoms. The molecule has 0 aliphatic carbocycles. The van der Waals surface area contributed by atoms with E-state index in [0.29, 0.717) is 0 Å². The quantitative estimate of drug-likeness (QED) is 0.292. The van der Waals surface area contributed by atoms with Gasteiger partial charge in [-0.25, -0.2) is 0 Å². The minimum absolute atomic E-state index is 1.32. The normalized spacial score (nSPS) is 33.3. The summed E-state index contributed by atoms with van der Waals surface area (Å²) >= 11 is 0. The van der Waals surface area contributed by atoms with Crippen molar-refractivity contribution >= 4 is 0 Å². The highest BCUT2D eigenvalue weighted by Gasteiger charge is 2.43. The molecule has 0 atom stereocenters. The molecule has 0 aromatic carbocycles. The maximum atomic E-state index is 2.29. The first kappa shape index (κ1) is 2.80. The van der Waals surface area contributed by atoms with Crippen LogP contribution in [-0.2, 0) is 0 Å². The molecule has 0 saturated carbocycles. The Morgan fingerprint density at radius 1 is 1.33 bits per heavy atom. The summed E-state index contributed by atoms with van der Waals surface area (Å²) in [5, 5.41) is 0. The van der Waals surface area contributed by atoms with Crippen LogP contribution in [0.5, 0.6) is 0 Å². The summed E-state index contributed by atoms with van der Waals surface area (Å²) in [5.41, 5.74) is 0. The van der Waals surface area contributed by atoms with E-state index in [4.69, 9.17) is 0 Å². The standard InChI is InChI=1S/C5H8N/c1-2-6(3-1)4-5-6/h1-2H,3-5H2/q+1. The van der Waals surface area contributed by atoms with Crippen LogP contribution in [0.25, 0.3) is 0 Å². The van der Waals surface area contributed by atoms with Crippen LogP contribution in [0.1, 0.15) is 0 Å². The predicted octanol–water partition coefficient (Wildman–Crippen LogP) is 0.344. The second-order valence-electron chi connectivity index (χ2n) is 2.23. The minimum Gasteiger partial charge on any atom is -0.285 e. The van der Waals surface area contributed by atoms with E-state index in [1.807, 2.05) is 0 Å². The van der Waals surface area contributed by atoms with Crippen molar-refractivity contribution in [2.45, 2.75) is 0 Å². The van der Waals surface area contributed by atoms with Crippen molar-refractivity contribution in [2.24, 2.45) is 0 Å². The SMILES string of the molecule is C1=C[N+]2(C1)CC2. The molecule has 2 aliphatic heterocycles. The Morgan fingerprint density at radius 2 is 2.00 bits per heavy atom. The first-order chi connectivity index (χ1) is 2.91. The highest BCUT2D eigenvalue weighted by Crippen LogP contribution is 2.27. The number of hydrogen-bond donors (Lipinski definition) is 0. The summed E-state index contributed by atoms with van der Waals surface area (Å²) < 4.78 is 1.32. The lowest BCUT2D eigenvalue weighted by molar-refractivity contribution is -0.755. The predicted molar refractivity (Wildman–Crippen MR) is 24.0 cm³/mol. The summed E-state index contributed by atoms with van der Waals surface area (Å²) in [7, 11) is 0. The van der Waals surface area contributed by atoms with Gasteiger partial charge in [-0.1, -0.05) is 0 Å². The van der Waals surface area contributed by atoms with Gasteiger partial charge in [0.2, 0.25) is 0 Å². The number of rotatable bonds is 0. The fourth-order valence-corrected chi connectivity index (χ4v) is 0.864. The molecule has 1 fully saturated rings. The third-order valence-corrected chi connectivity index (χ3v) is 1.69. The van der Waals surface area contributed by atoms with Crippen LogP contribution in [0.2, 0.25) is 0 Å². The first-order valence-electron chi connectivity index (χ1n) is 2.45. The Labute approximate surface area is 37.5 Å². The number of hydrogen-bond acceptors (Lipinski definition) is 0. The van der Waals surface area contributed by atoms with E-state index in [9.17, 15) is 0 Å². The first-order valence-corrected chi connectivity index (χ1v) is 2.45. The van der Waals surface area contributed by atoms with E-state index >= 15 is 0 Å². The van der Waals surface area contributed by atoms with Crippen LogP contribution in [0.3, 0.4) is 0 Å². The van der Waals surface area contributed by atoms with Gasteiger partial charge in [0.05, 0.1) is 6.20 Å². The highest BCUT2D eigenvalue weighted by atomic mass is 15.5. The summed E-state index contributed by atoms with van der Waals surface area (Å²) in [4.78, 5) is 0. The van der Waals surface area contributed by atoms with Gasteiger partial charge >= 0.3 is 0 Å². The lowest BCUT2D eigenvalue weighted by Crippen LogP contribution is -2.25. The summed E-state index contributed by atoms with van der Waals surface area (Å²) in [6.07, 6.45) is 4.53. The van der Waals surface area contributed by atoms with Gasteiger partial charge in [0.25, 0.3) is 0 Å². The topological polar surface area (TPSA) is 0 Å². The molecule has 0 unspecified atom stereocenters. The van der Waals surface area contributed by atoms with Gasteiger partial charge in [-0.05, 0) is 0 Å². The molecule has 0 bridgehead atoms. The van der Waals surface area contributed by atoms with Crippen molar-refractivity contribution in [3.8, 4) is 0 Å². The van der Waals surface area contributed by atoms with Gasteiger partial charge in [-0.3, -0.25) is 4.48 Å². The lowest BCUT2D eigenvalue weighted by atomic mass is 10.4. The summed E-state index contributed by atoms with van der Waals surface area (Å²) in [5.74, 6) is 0. The van der Waals surface area contributed by atoms with Crippen molar-refractivity contribution in [1.82, 2.24) is 0 Å². The second kappa shape index (κ2) is 0.562. The smallest absolute Gasteiger partial charge is 0.133 e. The van der Waals surface area contributed by atoms with Crippen molar-refractivity contribution in [3.63, 3.8) is 0 Å². The maximum absolute atomic E-state index is 2.29. The molecule has 0 N–H and O–H groups in total. The van der Waals surface area contributed by atoms with Crippen molar-refractivity contribution in [3.05, 3.63) is 12.3 Å². The molecule has 0 aromatic heterocycles. The zero-order chi connectivity index (χ0) is 4.04. The molecule has 32 valence electrons. The Bertz CT molecular complexity index is 101. The molecule has 2 heterocycles. The van der Waals surface area contributed by atoms with E-state index < -0.39 is 0 Å². The van der Waals surface area contributed by atoms with Crippen molar-refractivity contribution in [2.75, 3.05) is 19.6 Å². The Morgan fingerprint density at radius 3 is 2.00 bits per heavy atom. The monoisotopic (exact) mass is 82.1 g/mol. The van der Waals surface area contributed by atoms with Crippen LogP contribution in [0.4, 0.5) is 0 Å². The summed E-state index contributed by atoms with van der Waals surface area (Å²) in [6.45, 7) is 4.15. The average molecular weight is 82.1 g/mol. The van der Waals surface area contributed by atoms with Crippen LogP contribution >= 0.6 is 0 Å². The molecule has 2 aliphatic rings. The lowest BCUT2D eigenvalue weighted by Gasteiger charge is -2.15. The van der Waals surface area contributed by atoms with Crippen LogP contribution in [0, 0.1) is 0 Å². The average Bonchev–Trinajstić information content (AvgIpc) is 2.02. The van der Waals surface area contributed by atoms with E-state index in [1.54, 1.807) is 0 Å². The molecule has 0 radical (unpaired) electrons. The Balaban J connectivity index is 2.31. The molecule has 0 aromatic rings. The largest absolute Gasteiger partial charge is 0.285 e. The fourth-order valence-electron chi connectivity index (χ4n) is 0.864. The third-order valence-electron chi connectivity index (χ3n) is 1.69. The minimum atomic E-state index is 1.32. The Hall–Kier alpha value is -0.300. The van der Waals surface area contributed by atoms with Gasteiger partial charge < -0.3 is 0 Å². The molecule has 1 saturated heterocycles. The molecular formula is C5H8N+. The number of quaternary nitrogens is 1. The highest BCUT2D eigenvalue weighted by molar-refractivity contribution is 4.90. The van der Waals surface area contributed by atoms with Gasteiger partial charge in [0.1, 0.15) is 19.6 Å². The molecule has 0 amide bonds. The van der Waals surface area contributed by atoms with Gasteiger partial charge in [-0.15, -0.1) is 0 Å². The molecular weight excluding hydrogens is 74.1 g/mol. The van der Waals surface area contributed by atoms with Crippen LogP contribution < -0.4 is 0 Å². The zero-order valence-corrected chi connectivity index (χ0v) is 3.72. The fraction of sp³-hybridized carbons (Fsp3) is 0.600. The van der Waals surface area contributed by atoms with E-state index in [2.05, 4.69) is 12.3 Å². The van der Waals surface area contributed by atoms with E-state index in [-0.39, 0.29) is 0 Å². The maximum Gasteiger partial charge on any atom is 0.133 e. The van der Waals surface area contributed by atoms with Crippen molar-refractivity contribution in [1.29, 1.82) is 0 Å². The van der Waals surface area contributed by atoms with Gasteiger partial charge in [0, 0.05) is 6.08 Å². The molecule has 1 nitrogen and oxygen atoms in total. The molecule has 1 heteroatoms. The molecule has 2 rings (SSSR count). The van der Waals surface area contributed by atoms with E-state index in [0.717, 1.165) is 0 Å². The third kappa shape index (κ3) is 0.167. The van der Waals surface area contributed by atoms with Crippen LogP contribution in [0.15, 0.2) is 12.3 Å². The van der Waals surface area contributed by atoms with Crippen molar-refractivity contribution < 1.29 is 4.48 Å². The molecule has 6 heavy (non-hydrogen) atoms. The summed E-state index contributed by atoms with van der Waals surface area (Å²) in [6, 6.07) is 0. The number of nitrogens with zero attached hydrogens (tertiary/aromatic N) is 1. The van der Waals surface area contributed by atoms with Gasteiger partial charge in [-0.2, -0.15) is 0 Å². The zero-order valence-electron chi connectivity index (χ0n) is 3.72. The van der Waals surface area contributed by atoms with E-state index in [1.165, 1.54) is 24.1 Å². The second-order valence-corrected chi connectivity index (χ2v) is 2.23.